The fraction of sp³-hybridized carbons (Fsp3) is 0.190. The molecule has 28 heavy (non-hydrogen) atoms. The van der Waals surface area contributed by atoms with Crippen molar-refractivity contribution < 1.29 is 13.6 Å². The van der Waals surface area contributed by atoms with Crippen LogP contribution in [0, 0.1) is 25.5 Å². The molecule has 0 saturated carbocycles. The van der Waals surface area contributed by atoms with Gasteiger partial charge in [-0.2, -0.15) is 0 Å². The zero-order valence-corrected chi connectivity index (χ0v) is 15.4. The smallest absolute Gasteiger partial charge is 0.255 e. The number of carbonyl (C=O) groups is 1. The lowest BCUT2D eigenvalue weighted by Gasteiger charge is -2.28. The number of nitrogens with two attached hydrogens (primary N) is 1. The molecule has 0 aliphatic carbocycles. The van der Waals surface area contributed by atoms with Gasteiger partial charge >= 0.3 is 0 Å². The predicted molar refractivity (Wildman–Crippen MR) is 102 cm³/mol. The first-order valence-electron chi connectivity index (χ1n) is 8.84. The number of rotatable bonds is 2. The first kappa shape index (κ1) is 18.0. The van der Waals surface area contributed by atoms with Crippen molar-refractivity contribution in [2.75, 3.05) is 5.73 Å². The van der Waals surface area contributed by atoms with Crippen molar-refractivity contribution in [1.82, 2.24) is 15.3 Å². The van der Waals surface area contributed by atoms with E-state index < -0.39 is 17.7 Å². The second kappa shape index (κ2) is 6.67. The molecule has 1 aliphatic heterocycles. The zero-order chi connectivity index (χ0) is 20.0. The molecule has 2 heterocycles. The lowest BCUT2D eigenvalue weighted by atomic mass is 9.87. The lowest BCUT2D eigenvalue weighted by Crippen LogP contribution is -2.37. The van der Waals surface area contributed by atoms with E-state index in [9.17, 15) is 13.6 Å². The quantitative estimate of drug-likeness (QED) is 0.711. The summed E-state index contributed by atoms with van der Waals surface area (Å²) in [6.07, 6.45) is 0.304. The average Bonchev–Trinajstić information content (AvgIpc) is 2.63. The molecule has 1 aromatic heterocycles. The summed E-state index contributed by atoms with van der Waals surface area (Å²) in [5.74, 6) is -2.18. The van der Waals surface area contributed by atoms with E-state index in [-0.39, 0.29) is 11.9 Å². The molecule has 7 heteroatoms. The Labute approximate surface area is 160 Å². The second-order valence-electron chi connectivity index (χ2n) is 6.89. The Bertz CT molecular complexity index is 1110. The molecule has 3 N–H and O–H groups in total. The molecule has 142 valence electrons. The first-order valence-corrected chi connectivity index (χ1v) is 8.84. The Balaban J connectivity index is 1.87. The zero-order valence-electron chi connectivity index (χ0n) is 15.4. The minimum absolute atomic E-state index is 0.0779. The molecule has 0 saturated heterocycles. The number of aromatic nitrogens is 2. The molecule has 0 bridgehead atoms. The maximum absolute atomic E-state index is 14.1. The molecule has 1 aliphatic rings. The summed E-state index contributed by atoms with van der Waals surface area (Å²) in [4.78, 5) is 20.9. The minimum atomic E-state index is -0.967. The Kier molecular flexibility index (Phi) is 4.30. The predicted octanol–water partition coefficient (Wildman–Crippen LogP) is 3.65. The topological polar surface area (TPSA) is 80.9 Å². The number of amides is 1. The molecule has 3 aromatic rings. The number of fused-ring (bicyclic) bond motifs is 1. The highest BCUT2D eigenvalue weighted by Crippen LogP contribution is 2.36. The molecular formula is C21H18F2N4O. The van der Waals surface area contributed by atoms with Gasteiger partial charge in [-0.15, -0.1) is 0 Å². The summed E-state index contributed by atoms with van der Waals surface area (Å²) < 4.78 is 28.2. The number of hydrogen-bond donors (Lipinski definition) is 2. The van der Waals surface area contributed by atoms with Gasteiger partial charge in [-0.1, -0.05) is 24.3 Å². The molecule has 0 fully saturated rings. The van der Waals surface area contributed by atoms with Gasteiger partial charge in [-0.3, -0.25) is 4.79 Å². The van der Waals surface area contributed by atoms with Crippen LogP contribution < -0.4 is 11.1 Å². The van der Waals surface area contributed by atoms with E-state index in [1.54, 1.807) is 6.92 Å². The molecular weight excluding hydrogens is 362 g/mol. The van der Waals surface area contributed by atoms with E-state index >= 15 is 0 Å². The van der Waals surface area contributed by atoms with Crippen LogP contribution in [0.5, 0.6) is 0 Å². The maximum Gasteiger partial charge on any atom is 0.255 e. The highest BCUT2D eigenvalue weighted by Gasteiger charge is 2.31. The van der Waals surface area contributed by atoms with Gasteiger partial charge in [0.1, 0.15) is 0 Å². The SMILES string of the molecule is Cc1ccccc1-c1cc(F)c(F)cc1C1Cc2nc(N)nc(C)c2C(=O)N1. The molecule has 1 amide bonds. The van der Waals surface area contributed by atoms with Crippen molar-refractivity contribution in [2.45, 2.75) is 26.3 Å². The Morgan fingerprint density at radius 1 is 1.07 bits per heavy atom. The number of carbonyl (C=O) groups excluding carboxylic acids is 1. The molecule has 1 unspecified atom stereocenters. The Morgan fingerprint density at radius 2 is 1.79 bits per heavy atom. The van der Waals surface area contributed by atoms with Crippen molar-refractivity contribution in [2.24, 2.45) is 0 Å². The lowest BCUT2D eigenvalue weighted by molar-refractivity contribution is 0.0922. The number of hydrogen-bond acceptors (Lipinski definition) is 4. The van der Waals surface area contributed by atoms with Crippen molar-refractivity contribution in [3.05, 3.63) is 76.1 Å². The van der Waals surface area contributed by atoms with Crippen molar-refractivity contribution >= 4 is 11.9 Å². The highest BCUT2D eigenvalue weighted by atomic mass is 19.2. The third-order valence-corrected chi connectivity index (χ3v) is 5.02. The highest BCUT2D eigenvalue weighted by molar-refractivity contribution is 5.98. The number of nitrogens with zero attached hydrogens (tertiary/aromatic N) is 2. The minimum Gasteiger partial charge on any atom is -0.368 e. The van der Waals surface area contributed by atoms with Gasteiger partial charge in [0.15, 0.2) is 11.6 Å². The van der Waals surface area contributed by atoms with Crippen LogP contribution >= 0.6 is 0 Å². The number of anilines is 1. The number of halogens is 2. The van der Waals surface area contributed by atoms with Gasteiger partial charge in [-0.25, -0.2) is 18.7 Å². The standard InChI is InChI=1S/C21H18F2N4O/c1-10-5-3-4-6-12(10)13-7-15(22)16(23)8-14(13)17-9-18-19(20(28)26-17)11(2)25-21(24)27-18/h3-8,17H,9H2,1-2H3,(H,26,28)(H2,24,25,27). The van der Waals surface area contributed by atoms with Crippen LogP contribution in [0.4, 0.5) is 14.7 Å². The fourth-order valence-electron chi connectivity index (χ4n) is 3.72. The van der Waals surface area contributed by atoms with Crippen molar-refractivity contribution in [1.29, 1.82) is 0 Å². The fourth-order valence-corrected chi connectivity index (χ4v) is 3.72. The third-order valence-electron chi connectivity index (χ3n) is 5.02. The van der Waals surface area contributed by atoms with Crippen LogP contribution in [0.15, 0.2) is 36.4 Å². The van der Waals surface area contributed by atoms with E-state index in [1.807, 2.05) is 31.2 Å². The van der Waals surface area contributed by atoms with Crippen LogP contribution in [-0.4, -0.2) is 15.9 Å². The first-order chi connectivity index (χ1) is 13.3. The van der Waals surface area contributed by atoms with E-state index in [2.05, 4.69) is 15.3 Å². The summed E-state index contributed by atoms with van der Waals surface area (Å²) in [6, 6.07) is 9.19. The van der Waals surface area contributed by atoms with Crippen LogP contribution in [-0.2, 0) is 6.42 Å². The van der Waals surface area contributed by atoms with Gasteiger partial charge in [0.2, 0.25) is 5.95 Å². The van der Waals surface area contributed by atoms with Gasteiger partial charge < -0.3 is 11.1 Å². The van der Waals surface area contributed by atoms with Gasteiger partial charge in [0.05, 0.1) is 23.0 Å². The largest absolute Gasteiger partial charge is 0.368 e. The van der Waals surface area contributed by atoms with Gasteiger partial charge in [0, 0.05) is 6.42 Å². The Morgan fingerprint density at radius 3 is 2.54 bits per heavy atom. The van der Waals surface area contributed by atoms with Crippen LogP contribution in [0.25, 0.3) is 11.1 Å². The number of benzene rings is 2. The second-order valence-corrected chi connectivity index (χ2v) is 6.89. The number of nitrogens with one attached hydrogen (secondary N) is 1. The molecule has 0 radical (unpaired) electrons. The van der Waals surface area contributed by atoms with Crippen LogP contribution in [0.3, 0.4) is 0 Å². The molecule has 1 atom stereocenters. The van der Waals surface area contributed by atoms with Gasteiger partial charge in [0.25, 0.3) is 5.91 Å². The molecule has 4 rings (SSSR count). The van der Waals surface area contributed by atoms with Crippen molar-refractivity contribution in [3.63, 3.8) is 0 Å². The van der Waals surface area contributed by atoms with Gasteiger partial charge in [-0.05, 0) is 48.2 Å². The molecule has 5 nitrogen and oxygen atoms in total. The summed E-state index contributed by atoms with van der Waals surface area (Å²) >= 11 is 0. The third kappa shape index (κ3) is 2.98. The maximum atomic E-state index is 14.1. The summed E-state index contributed by atoms with van der Waals surface area (Å²) in [5.41, 5.74) is 9.81. The van der Waals surface area contributed by atoms with E-state index in [1.165, 1.54) is 6.07 Å². The summed E-state index contributed by atoms with van der Waals surface area (Å²) in [5, 5.41) is 2.88. The van der Waals surface area contributed by atoms with Crippen molar-refractivity contribution in [3.8, 4) is 11.1 Å². The monoisotopic (exact) mass is 380 g/mol. The Hall–Kier alpha value is -3.35. The van der Waals surface area contributed by atoms with Crippen LogP contribution in [0.1, 0.15) is 38.9 Å². The molecule has 0 spiro atoms. The number of aryl methyl sites for hydroxylation is 2. The van der Waals surface area contributed by atoms with E-state index in [0.717, 1.165) is 17.2 Å². The van der Waals surface area contributed by atoms with E-state index in [0.29, 0.717) is 34.5 Å². The summed E-state index contributed by atoms with van der Waals surface area (Å²) in [7, 11) is 0. The van der Waals surface area contributed by atoms with E-state index in [4.69, 9.17) is 5.73 Å². The average molecular weight is 380 g/mol. The summed E-state index contributed by atoms with van der Waals surface area (Å²) in [6.45, 7) is 3.58. The normalized spacial score (nSPS) is 15.9. The van der Waals surface area contributed by atoms with Crippen LogP contribution in [0.2, 0.25) is 0 Å². The number of nitrogen functional groups attached to an aromatic ring is 1. The molecule has 2 aromatic carbocycles.